The molecule has 4 bridgehead atoms. The Kier molecular flexibility index (Phi) is 2.49. The second-order valence-electron chi connectivity index (χ2n) is 7.43. The molecule has 1 N–H and O–H groups in total. The molecule has 23 heavy (non-hydrogen) atoms. The summed E-state index contributed by atoms with van der Waals surface area (Å²) in [5.74, 6) is 2.42. The van der Waals surface area contributed by atoms with Crippen LogP contribution in [-0.4, -0.2) is 35.3 Å². The summed E-state index contributed by atoms with van der Waals surface area (Å²) >= 11 is 0. The molecular formula is C14H17N7O2. The highest BCUT2D eigenvalue weighted by Crippen LogP contribution is 2.58. The second-order valence-corrected chi connectivity index (χ2v) is 7.43. The third kappa shape index (κ3) is 1.85. The van der Waals surface area contributed by atoms with Crippen LogP contribution < -0.4 is 0 Å². The van der Waals surface area contributed by atoms with Gasteiger partial charge in [0.15, 0.2) is 0 Å². The number of aromatic nitrogens is 6. The molecule has 2 aromatic heterocycles. The Bertz CT molecular complexity index is 744. The van der Waals surface area contributed by atoms with Gasteiger partial charge < -0.3 is 10.1 Å². The summed E-state index contributed by atoms with van der Waals surface area (Å²) in [6.45, 7) is 0. The average molecular weight is 315 g/mol. The van der Waals surface area contributed by atoms with Crippen molar-refractivity contribution >= 4 is 5.82 Å². The van der Waals surface area contributed by atoms with Gasteiger partial charge in [-0.25, -0.2) is 0 Å². The van der Waals surface area contributed by atoms with Crippen LogP contribution in [0.3, 0.4) is 0 Å². The quantitative estimate of drug-likeness (QED) is 0.683. The molecule has 2 heterocycles. The third-order valence-corrected chi connectivity index (χ3v) is 5.89. The van der Waals surface area contributed by atoms with Crippen molar-refractivity contribution in [3.8, 4) is 11.4 Å². The first-order valence-electron chi connectivity index (χ1n) is 8.11. The zero-order valence-electron chi connectivity index (χ0n) is 12.6. The molecule has 4 aliphatic carbocycles. The van der Waals surface area contributed by atoms with Crippen LogP contribution in [0.2, 0.25) is 0 Å². The molecule has 0 amide bonds. The molecule has 4 saturated carbocycles. The van der Waals surface area contributed by atoms with Crippen LogP contribution in [0.1, 0.15) is 38.5 Å². The van der Waals surface area contributed by atoms with Crippen LogP contribution in [0.5, 0.6) is 0 Å². The lowest BCUT2D eigenvalue weighted by Crippen LogP contribution is -2.52. The van der Waals surface area contributed by atoms with Crippen LogP contribution in [-0.2, 0) is 5.54 Å². The number of hydrogen-bond acceptors (Lipinski definition) is 6. The molecule has 0 radical (unpaired) electrons. The molecule has 0 unspecified atom stereocenters. The van der Waals surface area contributed by atoms with E-state index in [-0.39, 0.29) is 17.2 Å². The standard InChI is InChI=1S/C14H17N7O2/c22-20(23)13-11(7-15-17-13)12-16-19-21(18-12)14-4-8-1-9(5-14)3-10(2-8)6-14/h7-10H,1-6H2,(H,15,17). The third-order valence-electron chi connectivity index (χ3n) is 5.89. The fourth-order valence-electron chi connectivity index (χ4n) is 5.42. The summed E-state index contributed by atoms with van der Waals surface area (Å²) in [7, 11) is 0. The van der Waals surface area contributed by atoms with Crippen molar-refractivity contribution in [1.29, 1.82) is 0 Å². The summed E-state index contributed by atoms with van der Waals surface area (Å²) in [6, 6.07) is 0. The van der Waals surface area contributed by atoms with Crippen molar-refractivity contribution in [2.75, 3.05) is 0 Å². The minimum Gasteiger partial charge on any atom is -0.358 e. The summed E-state index contributed by atoms with van der Waals surface area (Å²) in [5, 5.41) is 30.0. The van der Waals surface area contributed by atoms with Gasteiger partial charge in [-0.2, -0.15) is 4.80 Å². The number of hydrogen-bond donors (Lipinski definition) is 1. The van der Waals surface area contributed by atoms with E-state index in [2.05, 4.69) is 25.6 Å². The Balaban J connectivity index is 1.52. The van der Waals surface area contributed by atoms with Gasteiger partial charge in [-0.15, -0.1) is 15.3 Å². The van der Waals surface area contributed by atoms with Crippen LogP contribution in [0.4, 0.5) is 5.82 Å². The topological polar surface area (TPSA) is 115 Å². The zero-order chi connectivity index (χ0) is 15.6. The van der Waals surface area contributed by atoms with Crippen LogP contribution in [0.25, 0.3) is 11.4 Å². The highest BCUT2D eigenvalue weighted by Gasteiger charge is 2.53. The molecule has 0 atom stereocenters. The molecule has 9 nitrogen and oxygen atoms in total. The van der Waals surface area contributed by atoms with Gasteiger partial charge in [0.05, 0.1) is 11.7 Å². The van der Waals surface area contributed by atoms with Crippen LogP contribution in [0.15, 0.2) is 6.20 Å². The van der Waals surface area contributed by atoms with E-state index in [9.17, 15) is 10.1 Å². The first kappa shape index (κ1) is 13.1. The molecule has 4 aliphatic rings. The number of nitro groups is 1. The Morgan fingerprint density at radius 1 is 1.22 bits per heavy atom. The Morgan fingerprint density at radius 3 is 2.48 bits per heavy atom. The number of aromatic amines is 1. The van der Waals surface area contributed by atoms with Crippen molar-refractivity contribution in [2.45, 2.75) is 44.1 Å². The van der Waals surface area contributed by atoms with E-state index in [1.807, 2.05) is 0 Å². The Hall–Kier alpha value is -2.32. The Labute approximate surface area is 131 Å². The van der Waals surface area contributed by atoms with Gasteiger partial charge in [-0.3, -0.25) is 0 Å². The van der Waals surface area contributed by atoms with E-state index < -0.39 is 4.92 Å². The largest absolute Gasteiger partial charge is 0.358 e. The minimum atomic E-state index is -0.506. The van der Waals surface area contributed by atoms with Gasteiger partial charge in [0.2, 0.25) is 5.82 Å². The maximum absolute atomic E-state index is 11.0. The summed E-state index contributed by atoms with van der Waals surface area (Å²) in [4.78, 5) is 12.3. The molecule has 6 rings (SSSR count). The molecule has 9 heteroatoms. The predicted molar refractivity (Wildman–Crippen MR) is 78.2 cm³/mol. The molecule has 0 aromatic carbocycles. The summed E-state index contributed by atoms with van der Waals surface area (Å²) in [6.07, 6.45) is 8.75. The van der Waals surface area contributed by atoms with E-state index >= 15 is 0 Å². The van der Waals surface area contributed by atoms with E-state index in [1.54, 1.807) is 4.80 Å². The molecule has 4 fully saturated rings. The maximum Gasteiger partial charge on any atom is 0.353 e. The van der Waals surface area contributed by atoms with Crippen molar-refractivity contribution in [1.82, 2.24) is 30.4 Å². The van der Waals surface area contributed by atoms with Crippen molar-refractivity contribution in [3.05, 3.63) is 16.3 Å². The zero-order valence-corrected chi connectivity index (χ0v) is 12.6. The van der Waals surface area contributed by atoms with Crippen LogP contribution in [0, 0.1) is 27.9 Å². The summed E-state index contributed by atoms with van der Waals surface area (Å²) < 4.78 is 0. The van der Waals surface area contributed by atoms with Gasteiger partial charge in [0.1, 0.15) is 5.56 Å². The smallest absolute Gasteiger partial charge is 0.353 e. The fraction of sp³-hybridized carbons (Fsp3) is 0.714. The summed E-state index contributed by atoms with van der Waals surface area (Å²) in [5.41, 5.74) is 0.268. The van der Waals surface area contributed by atoms with Crippen molar-refractivity contribution < 1.29 is 4.92 Å². The lowest BCUT2D eigenvalue weighted by molar-refractivity contribution is -0.388. The van der Waals surface area contributed by atoms with Gasteiger partial charge in [-0.05, 0) is 66.4 Å². The average Bonchev–Trinajstić information content (AvgIpc) is 3.15. The first-order valence-corrected chi connectivity index (χ1v) is 8.11. The lowest BCUT2D eigenvalue weighted by atomic mass is 9.53. The molecular weight excluding hydrogens is 298 g/mol. The maximum atomic E-state index is 11.0. The van der Waals surface area contributed by atoms with Crippen molar-refractivity contribution in [2.24, 2.45) is 17.8 Å². The SMILES string of the molecule is O=[N+]([O-])c1[nH]ncc1-c1nnn(C23CC4CC(CC(C4)C2)C3)n1. The highest BCUT2D eigenvalue weighted by molar-refractivity contribution is 5.62. The number of nitrogens with zero attached hydrogens (tertiary/aromatic N) is 6. The molecule has 0 saturated heterocycles. The van der Waals surface area contributed by atoms with E-state index in [0.29, 0.717) is 5.56 Å². The van der Waals surface area contributed by atoms with Gasteiger partial charge in [-0.1, -0.05) is 5.10 Å². The molecule has 2 aromatic rings. The minimum absolute atomic E-state index is 0.0293. The molecule has 120 valence electrons. The van der Waals surface area contributed by atoms with E-state index in [0.717, 1.165) is 37.0 Å². The van der Waals surface area contributed by atoms with E-state index in [4.69, 9.17) is 0 Å². The number of nitrogens with one attached hydrogen (secondary N) is 1. The number of tetrazole rings is 1. The second kappa shape index (κ2) is 4.36. The van der Waals surface area contributed by atoms with Crippen LogP contribution >= 0.6 is 0 Å². The van der Waals surface area contributed by atoms with Gasteiger partial charge in [0.25, 0.3) is 0 Å². The first-order chi connectivity index (χ1) is 11.1. The predicted octanol–water partition coefficient (Wildman–Crippen LogP) is 1.90. The Morgan fingerprint density at radius 2 is 1.87 bits per heavy atom. The number of rotatable bonds is 3. The van der Waals surface area contributed by atoms with Gasteiger partial charge >= 0.3 is 5.82 Å². The monoisotopic (exact) mass is 315 g/mol. The fourth-order valence-corrected chi connectivity index (χ4v) is 5.42. The molecule has 0 aliphatic heterocycles. The molecule has 0 spiro atoms. The van der Waals surface area contributed by atoms with E-state index in [1.165, 1.54) is 25.5 Å². The number of H-pyrrole nitrogens is 1. The normalized spacial score (nSPS) is 34.9. The highest BCUT2D eigenvalue weighted by atomic mass is 16.6. The lowest BCUT2D eigenvalue weighted by Gasteiger charge is -2.55. The van der Waals surface area contributed by atoms with Crippen molar-refractivity contribution in [3.63, 3.8) is 0 Å². The van der Waals surface area contributed by atoms with Gasteiger partial charge in [0, 0.05) is 0 Å².